The molecule has 136 valence electrons. The van der Waals surface area contributed by atoms with E-state index in [1.807, 2.05) is 24.8 Å². The molecule has 0 bridgehead atoms. The molecule has 2 aromatic heterocycles. The van der Waals surface area contributed by atoms with E-state index in [1.165, 1.54) is 10.3 Å². The van der Waals surface area contributed by atoms with E-state index in [-0.39, 0.29) is 18.1 Å². The third-order valence-electron chi connectivity index (χ3n) is 4.92. The zero-order chi connectivity index (χ0) is 18.1. The number of thiophene rings is 1. The van der Waals surface area contributed by atoms with Gasteiger partial charge in [0.1, 0.15) is 5.69 Å². The van der Waals surface area contributed by atoms with Crippen LogP contribution in [-0.4, -0.2) is 40.7 Å². The van der Waals surface area contributed by atoms with Gasteiger partial charge in [-0.3, -0.25) is 4.79 Å². The number of hydrogen-bond acceptors (Lipinski definition) is 3. The summed E-state index contributed by atoms with van der Waals surface area (Å²) in [6.45, 7) is 6.17. The van der Waals surface area contributed by atoms with Crippen molar-refractivity contribution in [3.63, 3.8) is 0 Å². The first kappa shape index (κ1) is 17.3. The topological polar surface area (TPSA) is 34.5 Å². The number of carbonyl (C=O) groups excluding carboxylic acids is 1. The first-order valence-electron chi connectivity index (χ1n) is 9.17. The van der Waals surface area contributed by atoms with Gasteiger partial charge in [-0.05, 0) is 43.3 Å². The number of morpholine rings is 1. The van der Waals surface area contributed by atoms with Gasteiger partial charge in [0.2, 0.25) is 0 Å². The smallest absolute Gasteiger partial charge is 0.270 e. The molecule has 0 saturated carbocycles. The molecule has 5 heteroatoms. The molecule has 1 fully saturated rings. The van der Waals surface area contributed by atoms with Crippen LogP contribution in [-0.2, 0) is 17.7 Å². The Morgan fingerprint density at radius 2 is 1.88 bits per heavy atom. The minimum absolute atomic E-state index is 0.0801. The average Bonchev–Trinajstić information content (AvgIpc) is 3.21. The fourth-order valence-electron chi connectivity index (χ4n) is 3.79. The highest BCUT2D eigenvalue weighted by molar-refractivity contribution is 7.17. The predicted molar refractivity (Wildman–Crippen MR) is 106 cm³/mol. The van der Waals surface area contributed by atoms with Gasteiger partial charge in [0, 0.05) is 19.6 Å². The Hall–Kier alpha value is -2.11. The van der Waals surface area contributed by atoms with Crippen LogP contribution in [0.2, 0.25) is 0 Å². The Morgan fingerprint density at radius 3 is 2.62 bits per heavy atom. The lowest BCUT2D eigenvalue weighted by Crippen LogP contribution is -2.48. The van der Waals surface area contributed by atoms with Crippen LogP contribution in [0.1, 0.15) is 29.9 Å². The standard InChI is InChI=1S/C21H24N2O2S/c1-15-13-22(14-16(2)25-15)21(24)19-12-20-18(9-11-26-20)23(19)10-8-17-6-4-3-5-7-17/h3-7,9,11-12,15-16H,8,10,13-14H2,1-2H3. The van der Waals surface area contributed by atoms with Gasteiger partial charge in [-0.15, -0.1) is 11.3 Å². The van der Waals surface area contributed by atoms with Crippen LogP contribution < -0.4 is 0 Å². The van der Waals surface area contributed by atoms with E-state index < -0.39 is 0 Å². The molecule has 1 saturated heterocycles. The average molecular weight is 369 g/mol. The van der Waals surface area contributed by atoms with Gasteiger partial charge in [-0.25, -0.2) is 0 Å². The van der Waals surface area contributed by atoms with Crippen LogP contribution in [0.3, 0.4) is 0 Å². The first-order chi connectivity index (χ1) is 12.6. The van der Waals surface area contributed by atoms with Crippen LogP contribution in [0.15, 0.2) is 47.8 Å². The van der Waals surface area contributed by atoms with Gasteiger partial charge >= 0.3 is 0 Å². The summed E-state index contributed by atoms with van der Waals surface area (Å²) in [5, 5.41) is 2.09. The quantitative estimate of drug-likeness (QED) is 0.692. The number of hydrogen-bond donors (Lipinski definition) is 0. The van der Waals surface area contributed by atoms with E-state index in [4.69, 9.17) is 4.74 Å². The lowest BCUT2D eigenvalue weighted by molar-refractivity contribution is -0.0588. The molecule has 1 amide bonds. The van der Waals surface area contributed by atoms with E-state index in [1.54, 1.807) is 11.3 Å². The zero-order valence-electron chi connectivity index (χ0n) is 15.2. The Bertz CT molecular complexity index is 889. The molecule has 0 spiro atoms. The number of nitrogens with zero attached hydrogens (tertiary/aromatic N) is 2. The molecule has 3 heterocycles. The van der Waals surface area contributed by atoms with Crippen molar-refractivity contribution in [2.45, 2.75) is 39.0 Å². The highest BCUT2D eigenvalue weighted by Crippen LogP contribution is 2.27. The number of ether oxygens (including phenoxy) is 1. The van der Waals surface area contributed by atoms with Gasteiger partial charge < -0.3 is 14.2 Å². The summed E-state index contributed by atoms with van der Waals surface area (Å²) in [5.41, 5.74) is 3.24. The summed E-state index contributed by atoms with van der Waals surface area (Å²) in [4.78, 5) is 15.2. The van der Waals surface area contributed by atoms with E-state index in [2.05, 4.69) is 46.3 Å². The predicted octanol–water partition coefficient (Wildman–Crippen LogP) is 4.19. The van der Waals surface area contributed by atoms with Crippen LogP contribution >= 0.6 is 11.3 Å². The van der Waals surface area contributed by atoms with Gasteiger partial charge in [0.15, 0.2) is 0 Å². The number of benzene rings is 1. The fourth-order valence-corrected chi connectivity index (χ4v) is 4.61. The van der Waals surface area contributed by atoms with Crippen molar-refractivity contribution in [2.75, 3.05) is 13.1 Å². The Labute approximate surface area is 158 Å². The highest BCUT2D eigenvalue weighted by Gasteiger charge is 2.29. The normalized spacial score (nSPS) is 20.6. The molecule has 2 atom stereocenters. The minimum atomic E-state index is 0.0801. The van der Waals surface area contributed by atoms with Crippen molar-refractivity contribution in [2.24, 2.45) is 0 Å². The van der Waals surface area contributed by atoms with Crippen LogP contribution in [0.4, 0.5) is 0 Å². The highest BCUT2D eigenvalue weighted by atomic mass is 32.1. The minimum Gasteiger partial charge on any atom is -0.372 e. The lowest BCUT2D eigenvalue weighted by atomic mass is 10.1. The summed E-state index contributed by atoms with van der Waals surface area (Å²) in [7, 11) is 0. The first-order valence-corrected chi connectivity index (χ1v) is 10.0. The van der Waals surface area contributed by atoms with Crippen molar-refractivity contribution < 1.29 is 9.53 Å². The zero-order valence-corrected chi connectivity index (χ0v) is 16.0. The largest absolute Gasteiger partial charge is 0.372 e. The summed E-state index contributed by atoms with van der Waals surface area (Å²) < 4.78 is 9.15. The molecule has 1 aliphatic rings. The van der Waals surface area contributed by atoms with Crippen molar-refractivity contribution in [1.82, 2.24) is 9.47 Å². The van der Waals surface area contributed by atoms with Gasteiger partial charge in [0.25, 0.3) is 5.91 Å². The van der Waals surface area contributed by atoms with E-state index in [9.17, 15) is 4.79 Å². The molecule has 4 nitrogen and oxygen atoms in total. The van der Waals surface area contributed by atoms with Crippen molar-refractivity contribution in [3.8, 4) is 0 Å². The maximum Gasteiger partial charge on any atom is 0.270 e. The fraction of sp³-hybridized carbons (Fsp3) is 0.381. The second-order valence-electron chi connectivity index (χ2n) is 7.05. The number of rotatable bonds is 4. The molecule has 0 aliphatic carbocycles. The van der Waals surface area contributed by atoms with Gasteiger partial charge in [-0.1, -0.05) is 30.3 Å². The molecular formula is C21H24N2O2S. The number of amides is 1. The number of aryl methyl sites for hydroxylation is 2. The van der Waals surface area contributed by atoms with Gasteiger partial charge in [0.05, 0.1) is 22.4 Å². The molecular weight excluding hydrogens is 344 g/mol. The maximum atomic E-state index is 13.2. The molecule has 3 aromatic rings. The van der Waals surface area contributed by atoms with Crippen molar-refractivity contribution >= 4 is 27.5 Å². The summed E-state index contributed by atoms with van der Waals surface area (Å²) >= 11 is 1.69. The van der Waals surface area contributed by atoms with Crippen LogP contribution in [0, 0.1) is 0 Å². The summed E-state index contributed by atoms with van der Waals surface area (Å²) in [6.07, 6.45) is 1.07. The Balaban J connectivity index is 1.62. The Kier molecular flexibility index (Phi) is 4.83. The van der Waals surface area contributed by atoms with Crippen LogP contribution in [0.25, 0.3) is 10.2 Å². The van der Waals surface area contributed by atoms with Crippen LogP contribution in [0.5, 0.6) is 0 Å². The second-order valence-corrected chi connectivity index (χ2v) is 8.00. The molecule has 0 N–H and O–H groups in total. The van der Waals surface area contributed by atoms with Crippen molar-refractivity contribution in [1.29, 1.82) is 0 Å². The van der Waals surface area contributed by atoms with E-state index in [0.717, 1.165) is 24.2 Å². The number of carbonyl (C=O) groups is 1. The summed E-state index contributed by atoms with van der Waals surface area (Å²) in [5.74, 6) is 0.114. The monoisotopic (exact) mass is 368 g/mol. The van der Waals surface area contributed by atoms with Gasteiger partial charge in [-0.2, -0.15) is 0 Å². The van der Waals surface area contributed by atoms with E-state index in [0.29, 0.717) is 13.1 Å². The molecule has 26 heavy (non-hydrogen) atoms. The third-order valence-corrected chi connectivity index (χ3v) is 5.77. The van der Waals surface area contributed by atoms with E-state index >= 15 is 0 Å². The molecule has 1 aromatic carbocycles. The molecule has 1 aliphatic heterocycles. The third kappa shape index (κ3) is 3.41. The van der Waals surface area contributed by atoms with Crippen molar-refractivity contribution in [3.05, 3.63) is 59.1 Å². The molecule has 4 rings (SSSR count). The molecule has 2 unspecified atom stereocenters. The summed E-state index contributed by atoms with van der Waals surface area (Å²) in [6, 6.07) is 14.6. The number of aromatic nitrogens is 1. The second kappa shape index (κ2) is 7.25. The SMILES string of the molecule is CC1CN(C(=O)c2cc3sccc3n2CCc2ccccc2)CC(C)O1. The number of fused-ring (bicyclic) bond motifs is 1. The Morgan fingerprint density at radius 1 is 1.15 bits per heavy atom. The maximum absolute atomic E-state index is 13.2. The molecule has 0 radical (unpaired) electrons. The lowest BCUT2D eigenvalue weighted by Gasteiger charge is -2.35.